The van der Waals surface area contributed by atoms with Crippen molar-refractivity contribution in [2.24, 2.45) is 0 Å². The molecule has 1 fully saturated rings. The van der Waals surface area contributed by atoms with Gasteiger partial charge in [0, 0.05) is 39.1 Å². The van der Waals surface area contributed by atoms with Crippen molar-refractivity contribution in [1.29, 1.82) is 0 Å². The van der Waals surface area contributed by atoms with Crippen molar-refractivity contribution in [3.8, 4) is 56.3 Å². The predicted molar refractivity (Wildman–Crippen MR) is 345 cm³/mol. The van der Waals surface area contributed by atoms with E-state index < -0.39 is 18.4 Å². The summed E-state index contributed by atoms with van der Waals surface area (Å²) in [5, 5.41) is 9.32. The molecule has 0 aliphatic carbocycles. The van der Waals surface area contributed by atoms with Gasteiger partial charge in [-0.05, 0) is 144 Å². The number of anilines is 3. The van der Waals surface area contributed by atoms with Gasteiger partial charge in [0.1, 0.15) is 10.9 Å². The fourth-order valence-electron chi connectivity index (χ4n) is 10.6. The lowest BCUT2D eigenvalue weighted by atomic mass is 10.0. The van der Waals surface area contributed by atoms with Crippen LogP contribution in [0.4, 0.5) is 17.1 Å². The molecule has 1 amide bonds. The molecule has 398 valence electrons. The molecule has 1 saturated heterocycles. The van der Waals surface area contributed by atoms with E-state index in [1.165, 1.54) is 11.1 Å². The van der Waals surface area contributed by atoms with Crippen molar-refractivity contribution in [3.05, 3.63) is 262 Å². The molecule has 8 bridgehead atoms. The Bertz CT molecular complexity index is 4430. The van der Waals surface area contributed by atoms with Gasteiger partial charge in [-0.1, -0.05) is 193 Å². The molecule has 0 saturated carbocycles. The lowest BCUT2D eigenvalue weighted by Crippen LogP contribution is -2.33. The third-order valence-corrected chi connectivity index (χ3v) is 16.2. The van der Waals surface area contributed by atoms with E-state index in [0.29, 0.717) is 16.2 Å². The summed E-state index contributed by atoms with van der Waals surface area (Å²) in [7, 11) is 0. The highest BCUT2D eigenvalue weighted by molar-refractivity contribution is 8.26. The van der Waals surface area contributed by atoms with Gasteiger partial charge in [0.25, 0.3) is 5.91 Å². The highest BCUT2D eigenvalue weighted by Gasteiger charge is 2.33. The van der Waals surface area contributed by atoms with Crippen LogP contribution in [0.15, 0.2) is 211 Å². The number of fused-ring (bicyclic) bond motifs is 8. The second-order valence-corrected chi connectivity index (χ2v) is 22.1. The Kier molecular flexibility index (Phi) is 14.0. The molecule has 0 unspecified atom stereocenters. The fourth-order valence-corrected chi connectivity index (χ4v) is 11.9. The summed E-state index contributed by atoms with van der Waals surface area (Å²) in [6, 6.07) is 71.5. The van der Waals surface area contributed by atoms with Crippen LogP contribution in [-0.2, 0) is 9.59 Å². The summed E-state index contributed by atoms with van der Waals surface area (Å²) < 4.78 is 0.215. The van der Waals surface area contributed by atoms with Crippen molar-refractivity contribution >= 4 is 110 Å². The second kappa shape index (κ2) is 22.3. The van der Waals surface area contributed by atoms with Gasteiger partial charge in [-0.3, -0.25) is 14.5 Å². The first-order valence-electron chi connectivity index (χ1n) is 27.1. The highest BCUT2D eigenvalue weighted by atomic mass is 32.2. The Morgan fingerprint density at radius 2 is 1.00 bits per heavy atom. The minimum Gasteiger partial charge on any atom is -0.480 e. The Hall–Kier alpha value is -10.4. The number of carbonyl (C=O) groups excluding carboxylic acids is 1. The number of aromatic nitrogens is 4. The molecule has 6 heterocycles. The van der Waals surface area contributed by atoms with Crippen molar-refractivity contribution < 1.29 is 14.7 Å². The first-order valence-corrected chi connectivity index (χ1v) is 28.3. The molecule has 10 aromatic rings. The molecule has 0 atom stereocenters. The topological polar surface area (TPSA) is 118 Å². The molecule has 83 heavy (non-hydrogen) atoms. The average molecular weight is 1110 g/mol. The molecule has 3 N–H and O–H groups in total. The maximum absolute atomic E-state index is 13.0. The molecule has 13 rings (SSSR count). The number of aliphatic carboxylic acids is 1. The summed E-state index contributed by atoms with van der Waals surface area (Å²) in [5.74, 6) is 5.37. The number of thiocarbonyl (C=S) groups is 1. The van der Waals surface area contributed by atoms with Gasteiger partial charge in [0.05, 0.1) is 50.0 Å². The van der Waals surface area contributed by atoms with Gasteiger partial charge >= 0.3 is 5.97 Å². The molecule has 9 nitrogen and oxygen atoms in total. The van der Waals surface area contributed by atoms with E-state index in [2.05, 4.69) is 204 Å². The van der Waals surface area contributed by atoms with Gasteiger partial charge in [-0.2, -0.15) is 0 Å². The standard InChI is InChI=1S/C72H50N6O3S2/c1-45-13-22-49(23-14-45)51-26-30-55(31-27-51)78(56-32-28-52(29-33-56)50-24-15-46(2)16-25-50)70-64-41-39-62(75-64)68(53-9-5-3-6-10-53)60-37-35-58(73-60)57(59-36-38-61(74-59)69(54-11-7-4-8-12-54)63-40-42-65(70)76-63)34-21-47-17-19-48(20-18-47)43-66-71(81)77(44-67(79)80)72(82)83-66/h3-20,22-33,35-43,73,76H,44H2,1-2H3,(H,79,80). The molecule has 0 spiro atoms. The van der Waals surface area contributed by atoms with E-state index in [1.807, 2.05) is 66.7 Å². The zero-order chi connectivity index (χ0) is 56.6. The number of rotatable bonds is 10. The van der Waals surface area contributed by atoms with Crippen LogP contribution in [0.2, 0.25) is 0 Å². The first-order chi connectivity index (χ1) is 40.6. The molecule has 11 heteroatoms. The Morgan fingerprint density at radius 3 is 1.53 bits per heavy atom. The number of aryl methyl sites for hydroxylation is 2. The number of aromatic amines is 2. The molecule has 7 aromatic carbocycles. The van der Waals surface area contributed by atoms with Gasteiger partial charge in [-0.25, -0.2) is 9.97 Å². The normalized spacial score (nSPS) is 13.1. The van der Waals surface area contributed by atoms with Crippen LogP contribution < -0.4 is 4.90 Å². The number of amides is 1. The quantitative estimate of drug-likeness (QED) is 0.0704. The van der Waals surface area contributed by atoms with Crippen molar-refractivity contribution in [2.75, 3.05) is 11.4 Å². The fraction of sp³-hybridized carbons (Fsp3) is 0.0417. The SMILES string of the molecule is Cc1ccc(-c2ccc(N(c3ccc(-c4ccc(C)cc4)cc3)c3c4nc(c(-c5ccccc5)c5ccc([nH]5)c(C#Cc5ccc(C=C6SC(=S)N(CC(=O)O)C6=O)cc5)c5nc(c(-c6ccccc6)c6ccc3[nH]6)C=C5)C=C4)cc2)cc1. The molecular formula is C72H50N6O3S2. The van der Waals surface area contributed by atoms with Gasteiger partial charge in [0.15, 0.2) is 0 Å². The van der Waals surface area contributed by atoms with Crippen LogP contribution in [0.25, 0.3) is 97.0 Å². The average Bonchev–Trinajstić information content (AvgIpc) is 4.23. The number of nitrogens with one attached hydrogen (secondary N) is 2. The number of hydrogen-bond acceptors (Lipinski definition) is 7. The van der Waals surface area contributed by atoms with Crippen LogP contribution in [-0.4, -0.2) is 52.7 Å². The summed E-state index contributed by atoms with van der Waals surface area (Å²) in [4.78, 5) is 47.0. The van der Waals surface area contributed by atoms with E-state index in [-0.39, 0.29) is 4.32 Å². The Labute approximate surface area is 489 Å². The highest BCUT2D eigenvalue weighted by Crippen LogP contribution is 2.43. The van der Waals surface area contributed by atoms with Crippen LogP contribution in [0, 0.1) is 25.7 Å². The van der Waals surface area contributed by atoms with Gasteiger partial charge in [-0.15, -0.1) is 0 Å². The number of H-pyrrole nitrogens is 2. The third kappa shape index (κ3) is 10.6. The number of carboxylic acids is 1. The van der Waals surface area contributed by atoms with E-state index in [9.17, 15) is 14.7 Å². The van der Waals surface area contributed by atoms with E-state index >= 15 is 0 Å². The Morgan fingerprint density at radius 1 is 0.542 bits per heavy atom. The molecule has 0 radical (unpaired) electrons. The number of carbonyl (C=O) groups is 2. The predicted octanol–water partition coefficient (Wildman–Crippen LogP) is 17.1. The molecule has 3 aromatic heterocycles. The molecule has 3 aliphatic rings. The van der Waals surface area contributed by atoms with E-state index in [1.54, 1.807) is 6.08 Å². The van der Waals surface area contributed by atoms with Crippen molar-refractivity contribution in [2.45, 2.75) is 13.8 Å². The number of benzene rings is 7. The zero-order valence-electron chi connectivity index (χ0n) is 45.1. The summed E-state index contributed by atoms with van der Waals surface area (Å²) >= 11 is 6.41. The molecule has 3 aliphatic heterocycles. The summed E-state index contributed by atoms with van der Waals surface area (Å²) in [5.41, 5.74) is 22.0. The summed E-state index contributed by atoms with van der Waals surface area (Å²) in [6.45, 7) is 3.74. The first kappa shape index (κ1) is 52.0. The van der Waals surface area contributed by atoms with Crippen LogP contribution in [0.1, 0.15) is 50.6 Å². The maximum atomic E-state index is 13.0. The largest absolute Gasteiger partial charge is 0.480 e. The number of hydrogen-bond donors (Lipinski definition) is 3. The van der Waals surface area contributed by atoms with Crippen LogP contribution in [0.3, 0.4) is 0 Å². The minimum atomic E-state index is -1.13. The lowest BCUT2D eigenvalue weighted by molar-refractivity contribution is -0.140. The number of thioether (sulfide) groups is 1. The van der Waals surface area contributed by atoms with E-state index in [0.717, 1.165) is 129 Å². The minimum absolute atomic E-state index is 0.215. The lowest BCUT2D eigenvalue weighted by Gasteiger charge is -2.27. The Balaban J connectivity index is 1.03. The second-order valence-electron chi connectivity index (χ2n) is 20.4. The number of nitrogens with zero attached hydrogens (tertiary/aromatic N) is 4. The maximum Gasteiger partial charge on any atom is 0.323 e. The van der Waals surface area contributed by atoms with Crippen molar-refractivity contribution in [1.82, 2.24) is 24.8 Å². The molecular weight excluding hydrogens is 1060 g/mol. The van der Waals surface area contributed by atoms with Gasteiger partial charge < -0.3 is 20.0 Å². The van der Waals surface area contributed by atoms with E-state index in [4.69, 9.17) is 22.2 Å². The summed E-state index contributed by atoms with van der Waals surface area (Å²) in [6.07, 6.45) is 10.0. The third-order valence-electron chi connectivity index (χ3n) is 14.8. The van der Waals surface area contributed by atoms with Crippen LogP contribution in [0.5, 0.6) is 0 Å². The monoisotopic (exact) mass is 1110 g/mol. The van der Waals surface area contributed by atoms with Crippen LogP contribution >= 0.6 is 24.0 Å². The van der Waals surface area contributed by atoms with Gasteiger partial charge in [0.2, 0.25) is 0 Å². The smallest absolute Gasteiger partial charge is 0.323 e. The zero-order valence-corrected chi connectivity index (χ0v) is 46.7. The number of carboxylic acid groups (broad SMARTS) is 1. The van der Waals surface area contributed by atoms with Crippen molar-refractivity contribution in [3.63, 3.8) is 0 Å².